The van der Waals surface area contributed by atoms with E-state index >= 15 is 0 Å². The van der Waals surface area contributed by atoms with Crippen molar-refractivity contribution in [2.24, 2.45) is 5.92 Å². The fraction of sp³-hybridized carbons (Fsp3) is 0.636. The summed E-state index contributed by atoms with van der Waals surface area (Å²) in [4.78, 5) is 18.5. The molecule has 0 spiro atoms. The highest BCUT2D eigenvalue weighted by Gasteiger charge is 2.28. The van der Waals surface area contributed by atoms with Gasteiger partial charge in [0.15, 0.2) is 0 Å². The third-order valence-corrected chi connectivity index (χ3v) is 2.62. The van der Waals surface area contributed by atoms with E-state index in [1.807, 2.05) is 13.1 Å². The van der Waals surface area contributed by atoms with Gasteiger partial charge < -0.3 is 15.6 Å². The van der Waals surface area contributed by atoms with Crippen molar-refractivity contribution < 1.29 is 4.79 Å². The minimum absolute atomic E-state index is 0.208. The summed E-state index contributed by atoms with van der Waals surface area (Å²) in [7, 11) is 0. The smallest absolute Gasteiger partial charge is 0.223 e. The lowest BCUT2D eigenvalue weighted by Gasteiger charge is -2.05. The molecule has 88 valence electrons. The van der Waals surface area contributed by atoms with Crippen molar-refractivity contribution >= 4 is 5.91 Å². The van der Waals surface area contributed by atoms with Crippen molar-refractivity contribution in [3.63, 3.8) is 0 Å². The molecule has 0 aliphatic heterocycles. The molecule has 2 rings (SSSR count). The molecule has 0 saturated heterocycles. The van der Waals surface area contributed by atoms with Crippen LogP contribution in [0.5, 0.6) is 0 Å². The number of rotatable bonds is 6. The van der Waals surface area contributed by atoms with Crippen molar-refractivity contribution in [3.05, 3.63) is 17.7 Å². The number of aryl methyl sites for hydroxylation is 1. The Labute approximate surface area is 95.0 Å². The van der Waals surface area contributed by atoms with E-state index in [0.717, 1.165) is 37.4 Å². The topological polar surface area (TPSA) is 69.8 Å². The first-order chi connectivity index (χ1) is 7.75. The summed E-state index contributed by atoms with van der Waals surface area (Å²) in [6.45, 7) is 4.18. The Morgan fingerprint density at radius 2 is 2.38 bits per heavy atom. The second-order valence-corrected chi connectivity index (χ2v) is 4.24. The number of imidazole rings is 1. The standard InChI is InChI=1S/C11H18N4O/c1-8-14-7-10(15-8)6-12-4-5-13-11(16)9-2-3-9/h7,9,12H,2-6H2,1H3,(H,13,16)(H,14,15). The number of carbonyl (C=O) groups excluding carboxylic acids is 1. The molecule has 1 saturated carbocycles. The van der Waals surface area contributed by atoms with Crippen LogP contribution in [0, 0.1) is 12.8 Å². The molecule has 1 aromatic rings. The maximum Gasteiger partial charge on any atom is 0.223 e. The Bertz CT molecular complexity index is 357. The average molecular weight is 222 g/mol. The Morgan fingerprint density at radius 3 is 3.00 bits per heavy atom. The summed E-state index contributed by atoms with van der Waals surface area (Å²) in [6.07, 6.45) is 3.95. The lowest BCUT2D eigenvalue weighted by atomic mass is 10.4. The summed E-state index contributed by atoms with van der Waals surface area (Å²) in [6, 6.07) is 0. The van der Waals surface area contributed by atoms with Crippen molar-refractivity contribution in [1.82, 2.24) is 20.6 Å². The van der Waals surface area contributed by atoms with Crippen LogP contribution in [0.4, 0.5) is 0 Å². The summed E-state index contributed by atoms with van der Waals surface area (Å²) in [5.41, 5.74) is 1.08. The minimum atomic E-state index is 0.208. The van der Waals surface area contributed by atoms with Crippen LogP contribution in [0.3, 0.4) is 0 Å². The molecular formula is C11H18N4O. The molecule has 0 unspecified atom stereocenters. The number of amides is 1. The van der Waals surface area contributed by atoms with Gasteiger partial charge in [0.2, 0.25) is 5.91 Å². The van der Waals surface area contributed by atoms with Crippen LogP contribution < -0.4 is 10.6 Å². The first-order valence-corrected chi connectivity index (χ1v) is 5.74. The highest BCUT2D eigenvalue weighted by atomic mass is 16.2. The van der Waals surface area contributed by atoms with Crippen LogP contribution in [-0.2, 0) is 11.3 Å². The first kappa shape index (κ1) is 11.1. The van der Waals surface area contributed by atoms with E-state index in [2.05, 4.69) is 20.6 Å². The summed E-state index contributed by atoms with van der Waals surface area (Å²) in [5, 5.41) is 6.15. The molecule has 1 aliphatic rings. The largest absolute Gasteiger partial charge is 0.355 e. The maximum absolute atomic E-state index is 11.3. The van der Waals surface area contributed by atoms with Crippen LogP contribution in [0.15, 0.2) is 6.20 Å². The van der Waals surface area contributed by atoms with Gasteiger partial charge in [-0.3, -0.25) is 4.79 Å². The highest BCUT2D eigenvalue weighted by Crippen LogP contribution is 2.28. The molecule has 1 aliphatic carbocycles. The number of nitrogens with one attached hydrogen (secondary N) is 3. The van der Waals surface area contributed by atoms with Gasteiger partial charge in [0, 0.05) is 37.4 Å². The molecule has 1 amide bonds. The van der Waals surface area contributed by atoms with Crippen LogP contribution in [0.2, 0.25) is 0 Å². The van der Waals surface area contributed by atoms with Gasteiger partial charge in [-0.25, -0.2) is 4.98 Å². The van der Waals surface area contributed by atoms with Gasteiger partial charge in [-0.2, -0.15) is 0 Å². The van der Waals surface area contributed by atoms with E-state index in [9.17, 15) is 4.79 Å². The number of hydrogen-bond donors (Lipinski definition) is 3. The van der Waals surface area contributed by atoms with Crippen LogP contribution in [-0.4, -0.2) is 29.0 Å². The van der Waals surface area contributed by atoms with Gasteiger partial charge >= 0.3 is 0 Å². The second kappa shape index (κ2) is 5.12. The molecular weight excluding hydrogens is 204 g/mol. The molecule has 16 heavy (non-hydrogen) atoms. The SMILES string of the molecule is Cc1ncc(CNCCNC(=O)C2CC2)[nH]1. The molecule has 0 atom stereocenters. The summed E-state index contributed by atoms with van der Waals surface area (Å²) < 4.78 is 0. The Balaban J connectivity index is 1.53. The van der Waals surface area contributed by atoms with E-state index in [-0.39, 0.29) is 5.91 Å². The zero-order valence-corrected chi connectivity index (χ0v) is 9.55. The predicted molar refractivity (Wildman–Crippen MR) is 60.8 cm³/mol. The summed E-state index contributed by atoms with van der Waals surface area (Å²) in [5.74, 6) is 1.44. The number of nitrogens with zero attached hydrogens (tertiary/aromatic N) is 1. The molecule has 0 aromatic carbocycles. The number of aromatic nitrogens is 2. The Kier molecular flexibility index (Phi) is 3.56. The molecule has 1 fully saturated rings. The van der Waals surface area contributed by atoms with Crippen molar-refractivity contribution in [2.45, 2.75) is 26.3 Å². The molecule has 1 heterocycles. The quantitative estimate of drug-likeness (QED) is 0.608. The lowest BCUT2D eigenvalue weighted by molar-refractivity contribution is -0.122. The molecule has 5 heteroatoms. The fourth-order valence-corrected chi connectivity index (χ4v) is 1.55. The molecule has 1 aromatic heterocycles. The number of hydrogen-bond acceptors (Lipinski definition) is 3. The van der Waals surface area contributed by atoms with Gasteiger partial charge in [-0.05, 0) is 19.8 Å². The molecule has 3 N–H and O–H groups in total. The zero-order valence-electron chi connectivity index (χ0n) is 9.55. The van der Waals surface area contributed by atoms with Gasteiger partial charge in [0.25, 0.3) is 0 Å². The lowest BCUT2D eigenvalue weighted by Crippen LogP contribution is -2.32. The normalized spacial score (nSPS) is 15.1. The van der Waals surface area contributed by atoms with E-state index in [1.54, 1.807) is 0 Å². The van der Waals surface area contributed by atoms with E-state index in [0.29, 0.717) is 12.5 Å². The van der Waals surface area contributed by atoms with Crippen molar-refractivity contribution in [3.8, 4) is 0 Å². The Hall–Kier alpha value is -1.36. The van der Waals surface area contributed by atoms with Gasteiger partial charge in [0.1, 0.15) is 5.82 Å². The van der Waals surface area contributed by atoms with E-state index in [4.69, 9.17) is 0 Å². The van der Waals surface area contributed by atoms with Crippen molar-refractivity contribution in [2.75, 3.05) is 13.1 Å². The van der Waals surface area contributed by atoms with Crippen LogP contribution >= 0.6 is 0 Å². The zero-order chi connectivity index (χ0) is 11.4. The van der Waals surface area contributed by atoms with Crippen LogP contribution in [0.1, 0.15) is 24.4 Å². The maximum atomic E-state index is 11.3. The number of H-pyrrole nitrogens is 1. The van der Waals surface area contributed by atoms with Gasteiger partial charge in [-0.1, -0.05) is 0 Å². The molecule has 0 bridgehead atoms. The van der Waals surface area contributed by atoms with E-state index in [1.165, 1.54) is 0 Å². The average Bonchev–Trinajstić information content (AvgIpc) is 3.03. The number of carbonyl (C=O) groups is 1. The number of aromatic amines is 1. The first-order valence-electron chi connectivity index (χ1n) is 5.74. The predicted octanol–water partition coefficient (Wildman–Crippen LogP) is 0.334. The fourth-order valence-electron chi connectivity index (χ4n) is 1.55. The minimum Gasteiger partial charge on any atom is -0.355 e. The molecule has 0 radical (unpaired) electrons. The summed E-state index contributed by atoms with van der Waals surface area (Å²) >= 11 is 0. The third kappa shape index (κ3) is 3.34. The monoisotopic (exact) mass is 222 g/mol. The van der Waals surface area contributed by atoms with Gasteiger partial charge in [0.05, 0.1) is 0 Å². The van der Waals surface area contributed by atoms with Crippen molar-refractivity contribution in [1.29, 1.82) is 0 Å². The Morgan fingerprint density at radius 1 is 1.56 bits per heavy atom. The van der Waals surface area contributed by atoms with Crippen LogP contribution in [0.25, 0.3) is 0 Å². The third-order valence-electron chi connectivity index (χ3n) is 2.62. The van der Waals surface area contributed by atoms with Gasteiger partial charge in [-0.15, -0.1) is 0 Å². The van der Waals surface area contributed by atoms with E-state index < -0.39 is 0 Å². The highest BCUT2D eigenvalue weighted by molar-refractivity contribution is 5.80. The molecule has 5 nitrogen and oxygen atoms in total. The second-order valence-electron chi connectivity index (χ2n) is 4.24.